The van der Waals surface area contributed by atoms with Crippen LogP contribution in [-0.4, -0.2) is 38.7 Å². The van der Waals surface area contributed by atoms with Crippen LogP contribution >= 0.6 is 0 Å². The Morgan fingerprint density at radius 2 is 2.19 bits per heavy atom. The van der Waals surface area contributed by atoms with Crippen molar-refractivity contribution < 1.29 is 19.1 Å². The molecule has 26 heavy (non-hydrogen) atoms. The molecular formula is C21H25NO4. The standard InChI is InChI=1S/C21H25NO4/c1-25-19(23)16-7-5-9-18(13-16)21(10-3-2-4-11-21)15-26-20(24)17-8-6-12-22-14-17/h2-5,7,9-10,13,17,22H,6,8,11-12,14-15H2,1H3. The van der Waals surface area contributed by atoms with E-state index in [1.54, 1.807) is 6.07 Å². The van der Waals surface area contributed by atoms with Gasteiger partial charge in [0, 0.05) is 6.54 Å². The van der Waals surface area contributed by atoms with Crippen molar-refractivity contribution in [1.82, 2.24) is 5.32 Å². The number of nitrogens with one attached hydrogen (secondary N) is 1. The Bertz CT molecular complexity index is 718. The molecule has 1 aromatic rings. The molecule has 0 saturated carbocycles. The van der Waals surface area contributed by atoms with Gasteiger partial charge in [-0.2, -0.15) is 0 Å². The number of esters is 2. The Hall–Kier alpha value is -2.40. The lowest BCUT2D eigenvalue weighted by Crippen LogP contribution is -2.38. The summed E-state index contributed by atoms with van der Waals surface area (Å²) in [4.78, 5) is 24.3. The van der Waals surface area contributed by atoms with Crippen LogP contribution in [-0.2, 0) is 19.7 Å². The second kappa shape index (κ2) is 8.32. The van der Waals surface area contributed by atoms with Crippen LogP contribution in [0.3, 0.4) is 0 Å². The SMILES string of the molecule is COC(=O)c1cccc(C2(COC(=O)C3CCCNC3)C=CC=CC2)c1. The zero-order chi connectivity index (χ0) is 18.4. The number of carbonyl (C=O) groups excluding carboxylic acids is 2. The molecule has 1 heterocycles. The normalized spacial score (nSPS) is 24.9. The smallest absolute Gasteiger partial charge is 0.337 e. The number of ether oxygens (including phenoxy) is 2. The zero-order valence-corrected chi connectivity index (χ0v) is 15.1. The fourth-order valence-electron chi connectivity index (χ4n) is 3.51. The first-order chi connectivity index (χ1) is 12.6. The van der Waals surface area contributed by atoms with Gasteiger partial charge in [0.15, 0.2) is 0 Å². The largest absolute Gasteiger partial charge is 0.465 e. The highest BCUT2D eigenvalue weighted by atomic mass is 16.5. The molecule has 138 valence electrons. The molecule has 1 aromatic carbocycles. The summed E-state index contributed by atoms with van der Waals surface area (Å²) in [6.07, 6.45) is 10.6. The molecular weight excluding hydrogens is 330 g/mol. The fourth-order valence-corrected chi connectivity index (χ4v) is 3.51. The second-order valence-corrected chi connectivity index (χ2v) is 6.87. The van der Waals surface area contributed by atoms with Gasteiger partial charge >= 0.3 is 11.9 Å². The summed E-state index contributed by atoms with van der Waals surface area (Å²) < 4.78 is 10.6. The Kier molecular flexibility index (Phi) is 5.89. The molecule has 0 spiro atoms. The lowest BCUT2D eigenvalue weighted by atomic mass is 9.75. The minimum Gasteiger partial charge on any atom is -0.465 e. The average Bonchev–Trinajstić information content (AvgIpc) is 2.73. The van der Waals surface area contributed by atoms with Gasteiger partial charge in [-0.05, 0) is 43.5 Å². The van der Waals surface area contributed by atoms with E-state index in [0.29, 0.717) is 18.5 Å². The number of allylic oxidation sites excluding steroid dienone is 3. The van der Waals surface area contributed by atoms with E-state index in [0.717, 1.165) is 24.9 Å². The number of hydrogen-bond donors (Lipinski definition) is 1. The first-order valence-electron chi connectivity index (χ1n) is 9.05. The van der Waals surface area contributed by atoms with E-state index >= 15 is 0 Å². The summed E-state index contributed by atoms with van der Waals surface area (Å²) in [5, 5.41) is 3.24. The highest BCUT2D eigenvalue weighted by molar-refractivity contribution is 5.89. The predicted molar refractivity (Wildman–Crippen MR) is 98.9 cm³/mol. The van der Waals surface area contributed by atoms with Crippen molar-refractivity contribution in [2.75, 3.05) is 26.8 Å². The van der Waals surface area contributed by atoms with E-state index in [4.69, 9.17) is 9.47 Å². The third-order valence-corrected chi connectivity index (χ3v) is 5.11. The predicted octanol–water partition coefficient (Wildman–Crippen LogP) is 2.77. The Morgan fingerprint density at radius 1 is 1.31 bits per heavy atom. The molecule has 1 fully saturated rings. The molecule has 0 radical (unpaired) electrons. The molecule has 5 heteroatoms. The maximum absolute atomic E-state index is 12.5. The molecule has 1 saturated heterocycles. The molecule has 1 N–H and O–H groups in total. The van der Waals surface area contributed by atoms with E-state index in [2.05, 4.69) is 17.5 Å². The summed E-state index contributed by atoms with van der Waals surface area (Å²) in [6, 6.07) is 7.35. The van der Waals surface area contributed by atoms with Gasteiger partial charge in [0.1, 0.15) is 6.61 Å². The molecule has 0 aromatic heterocycles. The minimum atomic E-state index is -0.462. The van der Waals surface area contributed by atoms with Crippen molar-refractivity contribution in [2.24, 2.45) is 5.92 Å². The summed E-state index contributed by atoms with van der Waals surface area (Å²) >= 11 is 0. The van der Waals surface area contributed by atoms with Crippen LogP contribution in [0.4, 0.5) is 0 Å². The third-order valence-electron chi connectivity index (χ3n) is 5.11. The summed E-state index contributed by atoms with van der Waals surface area (Å²) in [5.41, 5.74) is 0.974. The molecule has 0 bridgehead atoms. The van der Waals surface area contributed by atoms with Crippen molar-refractivity contribution in [3.05, 3.63) is 59.7 Å². The molecule has 2 atom stereocenters. The van der Waals surface area contributed by atoms with Crippen molar-refractivity contribution in [3.63, 3.8) is 0 Å². The van der Waals surface area contributed by atoms with E-state index in [9.17, 15) is 9.59 Å². The molecule has 0 amide bonds. The van der Waals surface area contributed by atoms with Crippen LogP contribution in [0.25, 0.3) is 0 Å². The van der Waals surface area contributed by atoms with Crippen LogP contribution in [0.15, 0.2) is 48.6 Å². The number of methoxy groups -OCH3 is 1. The lowest BCUT2D eigenvalue weighted by molar-refractivity contribution is -0.150. The topological polar surface area (TPSA) is 64.6 Å². The minimum absolute atomic E-state index is 0.0784. The van der Waals surface area contributed by atoms with Gasteiger partial charge in [-0.15, -0.1) is 0 Å². The Labute approximate surface area is 154 Å². The van der Waals surface area contributed by atoms with Gasteiger partial charge in [0.05, 0.1) is 24.0 Å². The summed E-state index contributed by atoms with van der Waals surface area (Å²) in [7, 11) is 1.37. The fraction of sp³-hybridized carbons (Fsp3) is 0.429. The van der Waals surface area contributed by atoms with Gasteiger partial charge in [0.2, 0.25) is 0 Å². The van der Waals surface area contributed by atoms with Gasteiger partial charge in [-0.1, -0.05) is 36.4 Å². The van der Waals surface area contributed by atoms with E-state index in [1.165, 1.54) is 7.11 Å². The number of benzene rings is 1. The highest BCUT2D eigenvalue weighted by Gasteiger charge is 2.33. The van der Waals surface area contributed by atoms with Gasteiger partial charge in [0.25, 0.3) is 0 Å². The maximum atomic E-state index is 12.5. The lowest BCUT2D eigenvalue weighted by Gasteiger charge is -2.32. The van der Waals surface area contributed by atoms with Crippen molar-refractivity contribution in [3.8, 4) is 0 Å². The first kappa shape index (κ1) is 18.4. The molecule has 2 unspecified atom stereocenters. The number of hydrogen-bond acceptors (Lipinski definition) is 5. The van der Waals surface area contributed by atoms with Crippen LogP contribution in [0.1, 0.15) is 35.2 Å². The van der Waals surface area contributed by atoms with Crippen molar-refractivity contribution in [1.29, 1.82) is 0 Å². The van der Waals surface area contributed by atoms with Gasteiger partial charge in [-0.25, -0.2) is 4.79 Å². The molecule has 3 rings (SSSR count). The third kappa shape index (κ3) is 4.05. The van der Waals surface area contributed by atoms with Crippen LogP contribution < -0.4 is 5.32 Å². The number of carbonyl (C=O) groups is 2. The maximum Gasteiger partial charge on any atom is 0.337 e. The van der Waals surface area contributed by atoms with Gasteiger partial charge in [-0.3, -0.25) is 4.79 Å². The van der Waals surface area contributed by atoms with E-state index < -0.39 is 5.41 Å². The summed E-state index contributed by atoms with van der Waals surface area (Å²) in [5.74, 6) is -0.600. The van der Waals surface area contributed by atoms with Crippen LogP contribution in [0.2, 0.25) is 0 Å². The highest BCUT2D eigenvalue weighted by Crippen LogP contribution is 2.34. The monoisotopic (exact) mass is 355 g/mol. The number of piperidine rings is 1. The molecule has 1 aliphatic heterocycles. The molecule has 2 aliphatic rings. The van der Waals surface area contributed by atoms with Crippen LogP contribution in [0.5, 0.6) is 0 Å². The van der Waals surface area contributed by atoms with E-state index in [-0.39, 0.29) is 24.5 Å². The Balaban J connectivity index is 1.79. The van der Waals surface area contributed by atoms with Crippen molar-refractivity contribution in [2.45, 2.75) is 24.7 Å². The van der Waals surface area contributed by atoms with Gasteiger partial charge < -0.3 is 14.8 Å². The Morgan fingerprint density at radius 3 is 2.88 bits per heavy atom. The molecule has 1 aliphatic carbocycles. The van der Waals surface area contributed by atoms with Crippen LogP contribution in [0, 0.1) is 5.92 Å². The quantitative estimate of drug-likeness (QED) is 0.823. The summed E-state index contributed by atoms with van der Waals surface area (Å²) in [6.45, 7) is 1.90. The van der Waals surface area contributed by atoms with E-state index in [1.807, 2.05) is 30.4 Å². The first-order valence-corrected chi connectivity index (χ1v) is 9.05. The van der Waals surface area contributed by atoms with Crippen molar-refractivity contribution >= 4 is 11.9 Å². The number of rotatable bonds is 5. The second-order valence-electron chi connectivity index (χ2n) is 6.87. The molecule has 5 nitrogen and oxygen atoms in total. The average molecular weight is 355 g/mol. The zero-order valence-electron chi connectivity index (χ0n) is 15.1.